The topological polar surface area (TPSA) is 24.9 Å². The third-order valence-electron chi connectivity index (χ3n) is 2.16. The highest BCUT2D eigenvalue weighted by Crippen LogP contribution is 2.17. The van der Waals surface area contributed by atoms with Gasteiger partial charge in [-0.3, -0.25) is 0 Å². The predicted molar refractivity (Wildman–Crippen MR) is 69.7 cm³/mol. The molecular formula is C11H16BrClN2. The van der Waals surface area contributed by atoms with E-state index in [2.05, 4.69) is 33.2 Å². The minimum atomic E-state index is 0.760. The summed E-state index contributed by atoms with van der Waals surface area (Å²) >= 11 is 9.02. The number of hydrogen-bond donors (Lipinski definition) is 1. The molecule has 4 heteroatoms. The summed E-state index contributed by atoms with van der Waals surface area (Å²) in [6, 6.07) is 2.05. The van der Waals surface area contributed by atoms with E-state index in [0.717, 1.165) is 35.6 Å². The first-order valence-corrected chi connectivity index (χ1v) is 6.49. The van der Waals surface area contributed by atoms with E-state index in [1.54, 1.807) is 0 Å². The van der Waals surface area contributed by atoms with Crippen LogP contribution in [0.2, 0.25) is 0 Å². The van der Waals surface area contributed by atoms with Crippen LogP contribution in [0.25, 0.3) is 0 Å². The van der Waals surface area contributed by atoms with Gasteiger partial charge in [0.1, 0.15) is 5.82 Å². The number of hydrogen-bond acceptors (Lipinski definition) is 2. The van der Waals surface area contributed by atoms with Crippen molar-refractivity contribution >= 4 is 33.3 Å². The maximum absolute atomic E-state index is 5.60. The van der Waals surface area contributed by atoms with Gasteiger partial charge < -0.3 is 5.32 Å². The molecule has 0 radical (unpaired) electrons. The highest BCUT2D eigenvalue weighted by molar-refractivity contribution is 9.10. The molecule has 0 fully saturated rings. The Labute approximate surface area is 105 Å². The van der Waals surface area contributed by atoms with Gasteiger partial charge in [-0.05, 0) is 47.3 Å². The fraction of sp³-hybridized carbons (Fsp3) is 0.545. The molecule has 1 rings (SSSR count). The van der Waals surface area contributed by atoms with Crippen molar-refractivity contribution in [1.82, 2.24) is 4.98 Å². The number of halogens is 2. The van der Waals surface area contributed by atoms with Crippen LogP contribution in [0.5, 0.6) is 0 Å². The molecule has 15 heavy (non-hydrogen) atoms. The SMILES string of the molecule is Cc1cc(NCCCCCCl)ncc1Br. The van der Waals surface area contributed by atoms with Gasteiger partial charge in [0.15, 0.2) is 0 Å². The molecular weight excluding hydrogens is 275 g/mol. The van der Waals surface area contributed by atoms with Crippen molar-refractivity contribution in [2.24, 2.45) is 0 Å². The molecule has 2 nitrogen and oxygen atoms in total. The van der Waals surface area contributed by atoms with E-state index in [9.17, 15) is 0 Å². The lowest BCUT2D eigenvalue weighted by Crippen LogP contribution is -2.03. The van der Waals surface area contributed by atoms with Crippen LogP contribution in [-0.4, -0.2) is 17.4 Å². The standard InChI is InChI=1S/C11H16BrClN2/c1-9-7-11(15-8-10(9)12)14-6-4-2-3-5-13/h7-8H,2-6H2,1H3,(H,14,15). The average Bonchev–Trinajstić information content (AvgIpc) is 2.23. The van der Waals surface area contributed by atoms with Crippen molar-refractivity contribution in [3.05, 3.63) is 22.3 Å². The molecule has 84 valence electrons. The lowest BCUT2D eigenvalue weighted by Gasteiger charge is -2.06. The summed E-state index contributed by atoms with van der Waals surface area (Å²) in [5, 5.41) is 3.30. The monoisotopic (exact) mass is 290 g/mol. The van der Waals surface area contributed by atoms with Gasteiger partial charge in [-0.2, -0.15) is 0 Å². The van der Waals surface area contributed by atoms with Crippen molar-refractivity contribution in [3.8, 4) is 0 Å². The van der Waals surface area contributed by atoms with E-state index in [1.165, 1.54) is 12.0 Å². The molecule has 0 spiro atoms. The summed E-state index contributed by atoms with van der Waals surface area (Å²) in [5.41, 5.74) is 1.20. The number of nitrogens with one attached hydrogen (secondary N) is 1. The van der Waals surface area contributed by atoms with Gasteiger partial charge in [-0.15, -0.1) is 11.6 Å². The van der Waals surface area contributed by atoms with E-state index in [1.807, 2.05) is 12.3 Å². The van der Waals surface area contributed by atoms with Crippen LogP contribution in [0.1, 0.15) is 24.8 Å². The molecule has 0 aliphatic rings. The number of pyridine rings is 1. The quantitative estimate of drug-likeness (QED) is 0.633. The maximum atomic E-state index is 5.60. The van der Waals surface area contributed by atoms with Crippen molar-refractivity contribution in [1.29, 1.82) is 0 Å². The van der Waals surface area contributed by atoms with Crippen LogP contribution in [0, 0.1) is 6.92 Å². The minimum absolute atomic E-state index is 0.760. The largest absolute Gasteiger partial charge is 0.370 e. The summed E-state index contributed by atoms with van der Waals surface area (Å²) < 4.78 is 1.05. The molecule has 0 unspecified atom stereocenters. The summed E-state index contributed by atoms with van der Waals surface area (Å²) in [6.45, 7) is 3.02. The second-order valence-corrected chi connectivity index (χ2v) is 4.73. The predicted octanol–water partition coefficient (Wildman–Crippen LogP) is 3.97. The van der Waals surface area contributed by atoms with Crippen molar-refractivity contribution in [3.63, 3.8) is 0 Å². The molecule has 0 aromatic carbocycles. The third-order valence-corrected chi connectivity index (χ3v) is 3.26. The molecule has 0 aliphatic carbocycles. The molecule has 1 aromatic heterocycles. The van der Waals surface area contributed by atoms with Gasteiger partial charge in [-0.25, -0.2) is 4.98 Å². The zero-order valence-corrected chi connectivity index (χ0v) is 11.2. The summed E-state index contributed by atoms with van der Waals surface area (Å²) in [5.74, 6) is 1.71. The molecule has 1 aromatic rings. The van der Waals surface area contributed by atoms with Gasteiger partial charge in [-0.1, -0.05) is 6.42 Å². The van der Waals surface area contributed by atoms with E-state index < -0.39 is 0 Å². The Bertz CT molecular complexity index is 305. The number of aromatic nitrogens is 1. The second kappa shape index (κ2) is 7.07. The van der Waals surface area contributed by atoms with Gasteiger partial charge in [0.25, 0.3) is 0 Å². The van der Waals surface area contributed by atoms with Crippen molar-refractivity contribution in [2.45, 2.75) is 26.2 Å². The molecule has 0 amide bonds. The first-order valence-electron chi connectivity index (χ1n) is 5.16. The van der Waals surface area contributed by atoms with Gasteiger partial charge in [0.2, 0.25) is 0 Å². The van der Waals surface area contributed by atoms with E-state index in [0.29, 0.717) is 0 Å². The number of aryl methyl sites for hydroxylation is 1. The molecule has 0 bridgehead atoms. The highest BCUT2D eigenvalue weighted by atomic mass is 79.9. The Kier molecular flexibility index (Phi) is 6.03. The number of alkyl halides is 1. The van der Waals surface area contributed by atoms with Crippen LogP contribution in [0.3, 0.4) is 0 Å². The summed E-state index contributed by atoms with van der Waals surface area (Å²) in [4.78, 5) is 4.27. The van der Waals surface area contributed by atoms with Gasteiger partial charge >= 0.3 is 0 Å². The van der Waals surface area contributed by atoms with Gasteiger partial charge in [0, 0.05) is 23.1 Å². The number of rotatable bonds is 6. The lowest BCUT2D eigenvalue weighted by atomic mass is 10.2. The van der Waals surface area contributed by atoms with Crippen molar-refractivity contribution in [2.75, 3.05) is 17.7 Å². The number of unbranched alkanes of at least 4 members (excludes halogenated alkanes) is 2. The molecule has 0 saturated heterocycles. The zero-order valence-electron chi connectivity index (χ0n) is 8.89. The average molecular weight is 292 g/mol. The molecule has 0 saturated carbocycles. The van der Waals surface area contributed by atoms with E-state index >= 15 is 0 Å². The number of anilines is 1. The van der Waals surface area contributed by atoms with Crippen LogP contribution >= 0.6 is 27.5 Å². The van der Waals surface area contributed by atoms with Gasteiger partial charge in [0.05, 0.1) is 0 Å². The first-order chi connectivity index (χ1) is 7.24. The first kappa shape index (κ1) is 12.8. The molecule has 0 aliphatic heterocycles. The Morgan fingerprint density at radius 2 is 2.20 bits per heavy atom. The minimum Gasteiger partial charge on any atom is -0.370 e. The number of nitrogens with zero attached hydrogens (tertiary/aromatic N) is 1. The molecule has 0 atom stereocenters. The Morgan fingerprint density at radius 1 is 1.40 bits per heavy atom. The maximum Gasteiger partial charge on any atom is 0.126 e. The normalized spacial score (nSPS) is 10.3. The molecule has 1 heterocycles. The Hall–Kier alpha value is -0.280. The van der Waals surface area contributed by atoms with Crippen LogP contribution in [0.15, 0.2) is 16.7 Å². The lowest BCUT2D eigenvalue weighted by molar-refractivity contribution is 0.746. The third kappa shape index (κ3) is 4.85. The van der Waals surface area contributed by atoms with Crippen LogP contribution < -0.4 is 5.32 Å². The van der Waals surface area contributed by atoms with E-state index in [-0.39, 0.29) is 0 Å². The van der Waals surface area contributed by atoms with Crippen LogP contribution in [0.4, 0.5) is 5.82 Å². The van der Waals surface area contributed by atoms with Crippen LogP contribution in [-0.2, 0) is 0 Å². The fourth-order valence-corrected chi connectivity index (χ4v) is 1.65. The summed E-state index contributed by atoms with van der Waals surface area (Å²) in [6.07, 6.45) is 5.24. The molecule has 1 N–H and O–H groups in total. The fourth-order valence-electron chi connectivity index (χ4n) is 1.25. The van der Waals surface area contributed by atoms with E-state index in [4.69, 9.17) is 11.6 Å². The highest BCUT2D eigenvalue weighted by Gasteiger charge is 1.97. The Morgan fingerprint density at radius 3 is 2.87 bits per heavy atom. The second-order valence-electron chi connectivity index (χ2n) is 3.50. The summed E-state index contributed by atoms with van der Waals surface area (Å²) in [7, 11) is 0. The van der Waals surface area contributed by atoms with Crippen molar-refractivity contribution < 1.29 is 0 Å². The Balaban J connectivity index is 2.28. The smallest absolute Gasteiger partial charge is 0.126 e. The zero-order chi connectivity index (χ0) is 11.1.